The summed E-state index contributed by atoms with van der Waals surface area (Å²) in [6.45, 7) is 11.1. The molecule has 6 nitrogen and oxygen atoms in total. The second-order valence-corrected chi connectivity index (χ2v) is 11.2. The lowest BCUT2D eigenvalue weighted by Crippen LogP contribution is -2.54. The van der Waals surface area contributed by atoms with Crippen LogP contribution >= 0.6 is 0 Å². The van der Waals surface area contributed by atoms with Crippen LogP contribution in [-0.4, -0.2) is 44.4 Å². The normalized spacial score (nSPS) is 17.8. The predicted octanol–water partition coefficient (Wildman–Crippen LogP) is 3.71. The van der Waals surface area contributed by atoms with Crippen LogP contribution in [0.5, 0.6) is 0 Å². The fourth-order valence-electron chi connectivity index (χ4n) is 4.11. The van der Waals surface area contributed by atoms with E-state index >= 15 is 0 Å². The molecule has 1 saturated heterocycles. The van der Waals surface area contributed by atoms with E-state index in [1.54, 1.807) is 12.1 Å². The van der Waals surface area contributed by atoms with Gasteiger partial charge in [-0.05, 0) is 69.3 Å². The standard InChI is InChI=1S/C25H35N3O3S/c1-19-9-8-14-28(17-19)25(3,4)18-26-24(29)23-15-22(13-12-20(23)2)32(30,31)27-16-21-10-6-5-7-11-21/h5-7,10-13,15,19,27H,8-9,14,16-18H2,1-4H3,(H,26,29). The molecule has 3 rings (SSSR count). The van der Waals surface area contributed by atoms with Crippen LogP contribution in [0.25, 0.3) is 0 Å². The Morgan fingerprint density at radius 3 is 2.56 bits per heavy atom. The molecule has 0 saturated carbocycles. The Balaban J connectivity index is 1.68. The Labute approximate surface area is 192 Å². The monoisotopic (exact) mass is 457 g/mol. The number of amides is 1. The van der Waals surface area contributed by atoms with Crippen molar-refractivity contribution < 1.29 is 13.2 Å². The first-order chi connectivity index (χ1) is 15.1. The molecular formula is C25H35N3O3S. The molecule has 7 heteroatoms. The zero-order chi connectivity index (χ0) is 23.4. The lowest BCUT2D eigenvalue weighted by Gasteiger charge is -2.43. The van der Waals surface area contributed by atoms with Gasteiger partial charge in [-0.15, -0.1) is 0 Å². The summed E-state index contributed by atoms with van der Waals surface area (Å²) in [6.07, 6.45) is 2.42. The third kappa shape index (κ3) is 6.18. The zero-order valence-corrected chi connectivity index (χ0v) is 20.3. The molecule has 1 aliphatic heterocycles. The molecule has 1 fully saturated rings. The Morgan fingerprint density at radius 2 is 1.88 bits per heavy atom. The number of carbonyl (C=O) groups is 1. The van der Waals surface area contributed by atoms with E-state index in [1.165, 1.54) is 18.9 Å². The van der Waals surface area contributed by atoms with Crippen LogP contribution in [0.15, 0.2) is 53.4 Å². The van der Waals surface area contributed by atoms with E-state index in [4.69, 9.17) is 0 Å². The smallest absolute Gasteiger partial charge is 0.251 e. The van der Waals surface area contributed by atoms with Crippen molar-refractivity contribution >= 4 is 15.9 Å². The van der Waals surface area contributed by atoms with Crippen LogP contribution in [-0.2, 0) is 16.6 Å². The summed E-state index contributed by atoms with van der Waals surface area (Å²) < 4.78 is 28.2. The van der Waals surface area contributed by atoms with E-state index in [0.717, 1.165) is 24.2 Å². The number of hydrogen-bond acceptors (Lipinski definition) is 4. The van der Waals surface area contributed by atoms with Gasteiger partial charge in [0, 0.05) is 30.7 Å². The van der Waals surface area contributed by atoms with Crippen molar-refractivity contribution in [2.75, 3.05) is 19.6 Å². The van der Waals surface area contributed by atoms with Gasteiger partial charge in [-0.3, -0.25) is 9.69 Å². The van der Waals surface area contributed by atoms with Gasteiger partial charge in [-0.25, -0.2) is 13.1 Å². The molecule has 1 atom stereocenters. The highest BCUT2D eigenvalue weighted by atomic mass is 32.2. The summed E-state index contributed by atoms with van der Waals surface area (Å²) in [5.74, 6) is 0.409. The van der Waals surface area contributed by atoms with Crippen LogP contribution in [0.3, 0.4) is 0 Å². The highest BCUT2D eigenvalue weighted by Gasteiger charge is 2.30. The van der Waals surface area contributed by atoms with Crippen molar-refractivity contribution in [1.82, 2.24) is 14.9 Å². The van der Waals surface area contributed by atoms with Gasteiger partial charge in [0.2, 0.25) is 10.0 Å². The summed E-state index contributed by atoms with van der Waals surface area (Å²) in [7, 11) is -3.74. The second-order valence-electron chi connectivity index (χ2n) is 9.48. The molecule has 2 aromatic rings. The highest BCUT2D eigenvalue weighted by Crippen LogP contribution is 2.24. The summed E-state index contributed by atoms with van der Waals surface area (Å²) >= 11 is 0. The summed E-state index contributed by atoms with van der Waals surface area (Å²) in [4.78, 5) is 15.5. The average molecular weight is 458 g/mol. The molecule has 1 heterocycles. The first-order valence-corrected chi connectivity index (χ1v) is 12.7. The van der Waals surface area contributed by atoms with Crippen molar-refractivity contribution in [1.29, 1.82) is 0 Å². The van der Waals surface area contributed by atoms with Crippen LogP contribution in [0.2, 0.25) is 0 Å². The van der Waals surface area contributed by atoms with Gasteiger partial charge in [0.05, 0.1) is 4.90 Å². The van der Waals surface area contributed by atoms with Gasteiger partial charge in [0.25, 0.3) is 5.91 Å². The van der Waals surface area contributed by atoms with Crippen LogP contribution in [0.4, 0.5) is 0 Å². The van der Waals surface area contributed by atoms with E-state index in [9.17, 15) is 13.2 Å². The number of carbonyl (C=O) groups excluding carboxylic acids is 1. The zero-order valence-electron chi connectivity index (χ0n) is 19.5. The molecule has 0 aliphatic carbocycles. The number of nitrogens with zero attached hydrogens (tertiary/aromatic N) is 1. The van der Waals surface area contributed by atoms with Gasteiger partial charge >= 0.3 is 0 Å². The number of benzene rings is 2. The molecule has 1 aliphatic rings. The molecule has 1 unspecified atom stereocenters. The highest BCUT2D eigenvalue weighted by molar-refractivity contribution is 7.89. The van der Waals surface area contributed by atoms with Gasteiger partial charge in [0.15, 0.2) is 0 Å². The number of rotatable bonds is 8. The number of hydrogen-bond donors (Lipinski definition) is 2. The van der Waals surface area contributed by atoms with Crippen molar-refractivity contribution in [3.63, 3.8) is 0 Å². The van der Waals surface area contributed by atoms with Crippen molar-refractivity contribution in [2.45, 2.75) is 57.5 Å². The molecule has 2 N–H and O–H groups in total. The van der Waals surface area contributed by atoms with Gasteiger partial charge < -0.3 is 5.32 Å². The Morgan fingerprint density at radius 1 is 1.16 bits per heavy atom. The second kappa shape index (κ2) is 10.1. The predicted molar refractivity (Wildman–Crippen MR) is 128 cm³/mol. The Hall–Kier alpha value is -2.22. The summed E-state index contributed by atoms with van der Waals surface area (Å²) in [5.41, 5.74) is 1.83. The van der Waals surface area contributed by atoms with Crippen LogP contribution in [0, 0.1) is 12.8 Å². The molecule has 0 bridgehead atoms. The topological polar surface area (TPSA) is 78.5 Å². The number of sulfonamides is 1. The number of nitrogens with one attached hydrogen (secondary N) is 2. The minimum atomic E-state index is -3.74. The average Bonchev–Trinajstić information content (AvgIpc) is 2.77. The molecule has 174 valence electrons. The summed E-state index contributed by atoms with van der Waals surface area (Å²) in [6, 6.07) is 14.0. The van der Waals surface area contributed by atoms with E-state index in [1.807, 2.05) is 37.3 Å². The number of likely N-dealkylation sites (tertiary alicyclic amines) is 1. The molecule has 0 spiro atoms. The molecule has 32 heavy (non-hydrogen) atoms. The maximum Gasteiger partial charge on any atom is 0.251 e. The van der Waals surface area contributed by atoms with Gasteiger partial charge in [-0.1, -0.05) is 43.3 Å². The SMILES string of the molecule is Cc1ccc(S(=O)(=O)NCc2ccccc2)cc1C(=O)NCC(C)(C)N1CCCC(C)C1. The van der Waals surface area contributed by atoms with Crippen molar-refractivity contribution in [3.8, 4) is 0 Å². The number of piperidine rings is 1. The van der Waals surface area contributed by atoms with E-state index in [-0.39, 0.29) is 22.9 Å². The fraction of sp³-hybridized carbons (Fsp3) is 0.480. The lowest BCUT2D eigenvalue weighted by atomic mass is 9.93. The minimum Gasteiger partial charge on any atom is -0.350 e. The van der Waals surface area contributed by atoms with Gasteiger partial charge in [-0.2, -0.15) is 0 Å². The quantitative estimate of drug-likeness (QED) is 0.633. The maximum absolute atomic E-state index is 13.0. The van der Waals surface area contributed by atoms with E-state index in [0.29, 0.717) is 18.0 Å². The maximum atomic E-state index is 13.0. The third-order valence-corrected chi connectivity index (χ3v) is 7.67. The first-order valence-electron chi connectivity index (χ1n) is 11.3. The third-order valence-electron chi connectivity index (χ3n) is 6.27. The van der Waals surface area contributed by atoms with E-state index in [2.05, 4.69) is 35.7 Å². The van der Waals surface area contributed by atoms with Crippen molar-refractivity contribution in [3.05, 3.63) is 65.2 Å². The fourth-order valence-corrected chi connectivity index (χ4v) is 5.16. The Bertz CT molecular complexity index is 1040. The first kappa shape index (κ1) is 24.4. The van der Waals surface area contributed by atoms with Gasteiger partial charge in [0.1, 0.15) is 0 Å². The molecule has 1 amide bonds. The lowest BCUT2D eigenvalue weighted by molar-refractivity contribution is 0.0657. The summed E-state index contributed by atoms with van der Waals surface area (Å²) in [5, 5.41) is 3.03. The Kier molecular flexibility index (Phi) is 7.75. The van der Waals surface area contributed by atoms with Crippen LogP contribution < -0.4 is 10.0 Å². The van der Waals surface area contributed by atoms with Crippen molar-refractivity contribution in [2.24, 2.45) is 5.92 Å². The van der Waals surface area contributed by atoms with Crippen LogP contribution in [0.1, 0.15) is 55.1 Å². The largest absolute Gasteiger partial charge is 0.350 e. The molecule has 2 aromatic carbocycles. The minimum absolute atomic E-state index is 0.0910. The molecule has 0 aromatic heterocycles. The molecular weight excluding hydrogens is 422 g/mol. The molecule has 0 radical (unpaired) electrons. The van der Waals surface area contributed by atoms with E-state index < -0.39 is 10.0 Å². The number of aryl methyl sites for hydroxylation is 1.